The van der Waals surface area contributed by atoms with Gasteiger partial charge < -0.3 is 0 Å². The van der Waals surface area contributed by atoms with E-state index in [1.165, 1.54) is 12.8 Å². The fourth-order valence-corrected chi connectivity index (χ4v) is 2.00. The van der Waals surface area contributed by atoms with Crippen LogP contribution in [0, 0.1) is 11.8 Å². The van der Waals surface area contributed by atoms with E-state index in [-0.39, 0.29) is 16.5 Å². The summed E-state index contributed by atoms with van der Waals surface area (Å²) >= 11 is 0. The zero-order valence-corrected chi connectivity index (χ0v) is 14.9. The van der Waals surface area contributed by atoms with Gasteiger partial charge in [-0.1, -0.05) is 62.1 Å². The van der Waals surface area contributed by atoms with Gasteiger partial charge in [-0.3, -0.25) is 4.99 Å². The second-order valence-electron chi connectivity index (χ2n) is 5.19. The van der Waals surface area contributed by atoms with Gasteiger partial charge in [0.25, 0.3) is 0 Å². The van der Waals surface area contributed by atoms with Crippen molar-refractivity contribution in [2.45, 2.75) is 32.6 Å². The van der Waals surface area contributed by atoms with Crippen LogP contribution in [0.5, 0.6) is 0 Å². The average molecular weight is 361 g/mol. The van der Waals surface area contributed by atoms with Crippen molar-refractivity contribution in [2.75, 3.05) is 0 Å². The molecule has 2 aromatic carbocycles. The molecule has 0 N–H and O–H groups in total. The molecule has 0 aromatic heterocycles. The Morgan fingerprint density at radius 1 is 0.917 bits per heavy atom. The monoisotopic (exact) mass is 360 g/mol. The minimum absolute atomic E-state index is 0. The Hall–Kier alpha value is -2.17. The molecule has 0 spiro atoms. The second kappa shape index (κ2) is 12.3. The van der Waals surface area contributed by atoms with Gasteiger partial charge in [-0.25, -0.2) is 4.99 Å². The molecule has 2 nitrogen and oxygen atoms in total. The molecule has 3 heteroatoms. The molecule has 2 aromatic rings. The first-order valence-corrected chi connectivity index (χ1v) is 8.10. The van der Waals surface area contributed by atoms with Gasteiger partial charge in [-0.2, -0.15) is 0 Å². The predicted octanol–water partition coefficient (Wildman–Crippen LogP) is 5.74. The van der Waals surface area contributed by atoms with E-state index in [0.29, 0.717) is 5.71 Å². The molecule has 0 fully saturated rings. The number of benzene rings is 2. The van der Waals surface area contributed by atoms with Crippen LogP contribution in [-0.4, -0.2) is 11.9 Å². The molecule has 0 amide bonds. The van der Waals surface area contributed by atoms with Gasteiger partial charge in [-0.05, 0) is 36.6 Å². The van der Waals surface area contributed by atoms with Crippen molar-refractivity contribution in [3.63, 3.8) is 0 Å². The van der Waals surface area contributed by atoms with E-state index in [9.17, 15) is 0 Å². The molecule has 0 saturated carbocycles. The Morgan fingerprint density at radius 3 is 2.17 bits per heavy atom. The summed E-state index contributed by atoms with van der Waals surface area (Å²) in [5.41, 5.74) is 2.49. The summed E-state index contributed by atoms with van der Waals surface area (Å²) in [5.74, 6) is 6.35. The summed E-state index contributed by atoms with van der Waals surface area (Å²) in [4.78, 5) is 9.04. The second-order valence-corrected chi connectivity index (χ2v) is 5.19. The number of nitrogens with zero attached hydrogens (tertiary/aromatic N) is 2. The van der Waals surface area contributed by atoms with Crippen molar-refractivity contribution in [3.05, 3.63) is 60.7 Å². The Morgan fingerprint density at radius 2 is 1.54 bits per heavy atom. The molecular formula is C21H22N2Ni. The maximum Gasteiger partial charge on any atom is 0.132 e. The molecule has 0 unspecified atom stereocenters. The Balaban J connectivity index is 0.00000288. The quantitative estimate of drug-likeness (QED) is 0.271. The van der Waals surface area contributed by atoms with Crippen LogP contribution in [-0.2, 0) is 16.5 Å². The van der Waals surface area contributed by atoms with E-state index in [1.807, 2.05) is 60.7 Å². The van der Waals surface area contributed by atoms with Crippen molar-refractivity contribution in [3.8, 4) is 11.8 Å². The van der Waals surface area contributed by atoms with Gasteiger partial charge >= 0.3 is 0 Å². The summed E-state index contributed by atoms with van der Waals surface area (Å²) in [6.07, 6.45) is 6.22. The number of para-hydroxylation sites is 2. The van der Waals surface area contributed by atoms with Crippen LogP contribution < -0.4 is 0 Å². The molecule has 24 heavy (non-hydrogen) atoms. The number of hydrogen-bond donors (Lipinski definition) is 0. The molecule has 2 rings (SSSR count). The third-order valence-corrected chi connectivity index (χ3v) is 3.22. The van der Waals surface area contributed by atoms with Crippen molar-refractivity contribution in [2.24, 2.45) is 9.98 Å². The summed E-state index contributed by atoms with van der Waals surface area (Å²) in [6.45, 7) is 2.20. The van der Waals surface area contributed by atoms with Crippen LogP contribution in [0.15, 0.2) is 70.6 Å². The molecule has 0 aliphatic carbocycles. The normalized spacial score (nSPS) is 10.8. The molecular weight excluding hydrogens is 339 g/mol. The van der Waals surface area contributed by atoms with Crippen molar-refractivity contribution in [1.29, 1.82) is 0 Å². The van der Waals surface area contributed by atoms with E-state index in [4.69, 9.17) is 0 Å². The fourth-order valence-electron chi connectivity index (χ4n) is 2.00. The SMILES string of the molecule is CCCCCC#CC(/C=N/c1ccccc1)=N\c1ccccc1.[Ni]. The number of rotatable bonds is 6. The van der Waals surface area contributed by atoms with E-state index in [0.717, 1.165) is 24.2 Å². The molecule has 0 heterocycles. The summed E-state index contributed by atoms with van der Waals surface area (Å²) in [7, 11) is 0. The number of aliphatic imine (C=N–C) groups is 2. The molecule has 0 radical (unpaired) electrons. The van der Waals surface area contributed by atoms with Gasteiger partial charge in [0, 0.05) is 22.9 Å². The Bertz CT molecular complexity index is 695. The van der Waals surface area contributed by atoms with E-state index >= 15 is 0 Å². The smallest absolute Gasteiger partial charge is 0.132 e. The Labute approximate surface area is 155 Å². The first-order valence-electron chi connectivity index (χ1n) is 8.10. The van der Waals surface area contributed by atoms with Gasteiger partial charge in [-0.15, -0.1) is 0 Å². The molecule has 0 atom stereocenters. The summed E-state index contributed by atoms with van der Waals surface area (Å²) in [5, 5.41) is 0. The number of hydrogen-bond acceptors (Lipinski definition) is 2. The Kier molecular flexibility index (Phi) is 10.2. The largest absolute Gasteiger partial charge is 0.254 e. The number of unbranched alkanes of at least 4 members (excludes halogenated alkanes) is 3. The fraction of sp³-hybridized carbons (Fsp3) is 0.238. The molecule has 0 aliphatic rings. The minimum atomic E-state index is 0. The van der Waals surface area contributed by atoms with Crippen LogP contribution >= 0.6 is 0 Å². The van der Waals surface area contributed by atoms with Crippen LogP contribution in [0.25, 0.3) is 0 Å². The van der Waals surface area contributed by atoms with E-state index in [2.05, 4.69) is 28.7 Å². The predicted molar refractivity (Wildman–Crippen MR) is 100 cm³/mol. The minimum Gasteiger partial charge on any atom is -0.254 e. The first-order chi connectivity index (χ1) is 11.4. The van der Waals surface area contributed by atoms with Gasteiger partial charge in [0.15, 0.2) is 0 Å². The molecule has 0 saturated heterocycles. The van der Waals surface area contributed by atoms with Crippen LogP contribution in [0.1, 0.15) is 32.6 Å². The molecule has 126 valence electrons. The van der Waals surface area contributed by atoms with Crippen molar-refractivity contribution < 1.29 is 16.5 Å². The van der Waals surface area contributed by atoms with Crippen LogP contribution in [0.2, 0.25) is 0 Å². The van der Waals surface area contributed by atoms with E-state index < -0.39 is 0 Å². The summed E-state index contributed by atoms with van der Waals surface area (Å²) < 4.78 is 0. The van der Waals surface area contributed by atoms with Gasteiger partial charge in [0.05, 0.1) is 17.6 Å². The van der Waals surface area contributed by atoms with Gasteiger partial charge in [0.1, 0.15) is 5.71 Å². The standard InChI is InChI=1S/C21H22N2.Ni/c1-2-3-4-5-8-17-21(23-20-15-11-7-12-16-20)18-22-19-13-9-6-10-14-19;/h6-7,9-16,18H,2-5H2,1H3;/b22-18+,23-21+;. The zero-order valence-electron chi connectivity index (χ0n) is 13.9. The third kappa shape index (κ3) is 7.90. The van der Waals surface area contributed by atoms with Crippen molar-refractivity contribution >= 4 is 23.3 Å². The maximum absolute atomic E-state index is 4.59. The summed E-state index contributed by atoms with van der Waals surface area (Å²) in [6, 6.07) is 19.7. The van der Waals surface area contributed by atoms with Crippen LogP contribution in [0.3, 0.4) is 0 Å². The average Bonchev–Trinajstić information content (AvgIpc) is 2.61. The van der Waals surface area contributed by atoms with Gasteiger partial charge in [0.2, 0.25) is 0 Å². The third-order valence-electron chi connectivity index (χ3n) is 3.22. The van der Waals surface area contributed by atoms with Crippen molar-refractivity contribution in [1.82, 2.24) is 0 Å². The zero-order chi connectivity index (χ0) is 16.2. The molecule has 0 bridgehead atoms. The van der Waals surface area contributed by atoms with Crippen LogP contribution in [0.4, 0.5) is 11.4 Å². The topological polar surface area (TPSA) is 24.7 Å². The van der Waals surface area contributed by atoms with E-state index in [1.54, 1.807) is 6.21 Å². The molecule has 0 aliphatic heterocycles. The maximum atomic E-state index is 4.59. The first kappa shape index (κ1) is 19.9.